The Labute approximate surface area is 81.8 Å². The van der Waals surface area contributed by atoms with Crippen LogP contribution in [0.3, 0.4) is 0 Å². The van der Waals surface area contributed by atoms with Crippen LogP contribution in [0.5, 0.6) is 0 Å². The third kappa shape index (κ3) is 1.95. The number of anilines is 1. The van der Waals surface area contributed by atoms with Gasteiger partial charge in [-0.3, -0.25) is 4.79 Å². The van der Waals surface area contributed by atoms with Crippen molar-refractivity contribution in [2.24, 2.45) is 0 Å². The highest BCUT2D eigenvalue weighted by molar-refractivity contribution is 9.10. The third-order valence-electron chi connectivity index (χ3n) is 1.21. The summed E-state index contributed by atoms with van der Waals surface area (Å²) in [5, 5.41) is 2.51. The Kier molecular flexibility index (Phi) is 3.05. The van der Waals surface area contributed by atoms with E-state index >= 15 is 0 Å². The van der Waals surface area contributed by atoms with Gasteiger partial charge in [-0.25, -0.2) is 4.39 Å². The highest BCUT2D eigenvalue weighted by Gasteiger charge is 2.06. The standard InChI is InChI=1S/C7H4BrClFNO/c8-5-1-4(10)2-6(9)7(5)11-3-12/h1-3H,(H,11,12). The zero-order chi connectivity index (χ0) is 9.14. The molecule has 2 nitrogen and oxygen atoms in total. The van der Waals surface area contributed by atoms with Crippen molar-refractivity contribution in [3.8, 4) is 0 Å². The monoisotopic (exact) mass is 251 g/mol. The minimum Gasteiger partial charge on any atom is -0.326 e. The summed E-state index contributed by atoms with van der Waals surface area (Å²) in [5.74, 6) is -0.455. The predicted octanol–water partition coefficient (Wildman–Crippen LogP) is 2.81. The minimum atomic E-state index is -0.455. The maximum absolute atomic E-state index is 12.6. The van der Waals surface area contributed by atoms with Crippen LogP contribution in [0.1, 0.15) is 0 Å². The molecule has 1 aromatic rings. The first-order chi connectivity index (χ1) is 5.65. The van der Waals surface area contributed by atoms with Crippen LogP contribution in [0.4, 0.5) is 10.1 Å². The predicted molar refractivity (Wildman–Crippen MR) is 48.8 cm³/mol. The van der Waals surface area contributed by atoms with Gasteiger partial charge in [-0.1, -0.05) is 11.6 Å². The number of nitrogens with one attached hydrogen (secondary N) is 1. The van der Waals surface area contributed by atoms with Gasteiger partial charge < -0.3 is 5.32 Å². The van der Waals surface area contributed by atoms with Crippen molar-refractivity contribution in [2.45, 2.75) is 0 Å². The Bertz CT molecular complexity index is 295. The first-order valence-corrected chi connectivity index (χ1v) is 4.17. The van der Waals surface area contributed by atoms with E-state index in [1.165, 1.54) is 6.07 Å². The van der Waals surface area contributed by atoms with Gasteiger partial charge in [0.25, 0.3) is 0 Å². The molecule has 0 fully saturated rings. The Morgan fingerprint density at radius 1 is 1.58 bits per heavy atom. The molecule has 1 amide bonds. The van der Waals surface area contributed by atoms with Crippen molar-refractivity contribution in [3.05, 3.63) is 27.4 Å². The lowest BCUT2D eigenvalue weighted by atomic mass is 10.3. The summed E-state index contributed by atoms with van der Waals surface area (Å²) in [6.45, 7) is 0. The first kappa shape index (κ1) is 9.48. The van der Waals surface area contributed by atoms with Crippen LogP contribution in [-0.4, -0.2) is 6.41 Å². The Morgan fingerprint density at radius 3 is 2.75 bits per heavy atom. The molecule has 12 heavy (non-hydrogen) atoms. The van der Waals surface area contributed by atoms with E-state index in [0.717, 1.165) is 6.07 Å². The van der Waals surface area contributed by atoms with E-state index in [4.69, 9.17) is 11.6 Å². The summed E-state index contributed by atoms with van der Waals surface area (Å²) < 4.78 is 13.0. The second kappa shape index (κ2) is 3.87. The molecule has 0 spiro atoms. The van der Waals surface area contributed by atoms with Crippen LogP contribution < -0.4 is 5.32 Å². The lowest BCUT2D eigenvalue weighted by Gasteiger charge is -2.04. The van der Waals surface area contributed by atoms with E-state index in [1.807, 2.05) is 0 Å². The van der Waals surface area contributed by atoms with Crippen LogP contribution in [0.15, 0.2) is 16.6 Å². The summed E-state index contributed by atoms with van der Waals surface area (Å²) in [5.41, 5.74) is 0.369. The zero-order valence-electron chi connectivity index (χ0n) is 5.77. The van der Waals surface area contributed by atoms with Crippen LogP contribution in [0.25, 0.3) is 0 Å². The molecule has 1 N–H and O–H groups in total. The van der Waals surface area contributed by atoms with E-state index in [0.29, 0.717) is 16.6 Å². The molecule has 0 heterocycles. The second-order valence-electron chi connectivity index (χ2n) is 2.01. The van der Waals surface area contributed by atoms with Crippen molar-refractivity contribution in [1.29, 1.82) is 0 Å². The molecule has 0 aromatic heterocycles. The lowest BCUT2D eigenvalue weighted by Crippen LogP contribution is -1.96. The number of carbonyl (C=O) groups is 1. The fraction of sp³-hybridized carbons (Fsp3) is 0. The zero-order valence-corrected chi connectivity index (χ0v) is 8.12. The van der Waals surface area contributed by atoms with Gasteiger partial charge in [0.15, 0.2) is 0 Å². The number of amides is 1. The molecular formula is C7H4BrClFNO. The number of hydrogen-bond acceptors (Lipinski definition) is 1. The van der Waals surface area contributed by atoms with Crippen molar-refractivity contribution in [3.63, 3.8) is 0 Å². The first-order valence-electron chi connectivity index (χ1n) is 3.00. The maximum Gasteiger partial charge on any atom is 0.211 e. The molecule has 1 aromatic carbocycles. The quantitative estimate of drug-likeness (QED) is 0.806. The average molecular weight is 252 g/mol. The van der Waals surface area contributed by atoms with Crippen molar-refractivity contribution in [2.75, 3.05) is 5.32 Å². The Hall–Kier alpha value is -0.610. The van der Waals surface area contributed by atoms with Gasteiger partial charge in [-0.05, 0) is 28.1 Å². The van der Waals surface area contributed by atoms with Crippen LogP contribution in [0.2, 0.25) is 5.02 Å². The van der Waals surface area contributed by atoms with Gasteiger partial charge >= 0.3 is 0 Å². The molecule has 0 aliphatic rings. The van der Waals surface area contributed by atoms with Crippen LogP contribution >= 0.6 is 27.5 Å². The molecule has 0 unspecified atom stereocenters. The fourth-order valence-electron chi connectivity index (χ4n) is 0.739. The Morgan fingerprint density at radius 2 is 2.25 bits per heavy atom. The molecule has 0 aliphatic carbocycles. The normalized spacial score (nSPS) is 9.58. The van der Waals surface area contributed by atoms with Crippen LogP contribution in [0, 0.1) is 5.82 Å². The van der Waals surface area contributed by atoms with E-state index in [9.17, 15) is 9.18 Å². The lowest BCUT2D eigenvalue weighted by molar-refractivity contribution is -0.105. The molecule has 0 saturated heterocycles. The summed E-state index contributed by atoms with van der Waals surface area (Å²) in [4.78, 5) is 10.1. The maximum atomic E-state index is 12.6. The SMILES string of the molecule is O=CNc1c(Cl)cc(F)cc1Br. The fourth-order valence-corrected chi connectivity index (χ4v) is 1.66. The highest BCUT2D eigenvalue weighted by atomic mass is 79.9. The van der Waals surface area contributed by atoms with Gasteiger partial charge in [0.1, 0.15) is 5.82 Å². The van der Waals surface area contributed by atoms with E-state index < -0.39 is 5.82 Å². The van der Waals surface area contributed by atoms with Crippen LogP contribution in [-0.2, 0) is 4.79 Å². The van der Waals surface area contributed by atoms with Gasteiger partial charge in [0.05, 0.1) is 10.7 Å². The number of halogens is 3. The molecule has 0 aliphatic heterocycles. The second-order valence-corrected chi connectivity index (χ2v) is 3.27. The van der Waals surface area contributed by atoms with Crippen molar-refractivity contribution in [1.82, 2.24) is 0 Å². The summed E-state index contributed by atoms with van der Waals surface area (Å²) >= 11 is 8.68. The average Bonchev–Trinajstić information content (AvgIpc) is 1.96. The van der Waals surface area contributed by atoms with E-state index in [2.05, 4.69) is 21.2 Å². The van der Waals surface area contributed by atoms with Crippen molar-refractivity contribution >= 4 is 39.6 Å². The Balaban J connectivity index is 3.18. The van der Waals surface area contributed by atoms with E-state index in [1.54, 1.807) is 0 Å². The topological polar surface area (TPSA) is 29.1 Å². The number of carbonyl (C=O) groups excluding carboxylic acids is 1. The number of hydrogen-bond donors (Lipinski definition) is 1. The molecule has 0 atom stereocenters. The third-order valence-corrected chi connectivity index (χ3v) is 2.13. The number of benzene rings is 1. The molecule has 0 bridgehead atoms. The number of rotatable bonds is 2. The van der Waals surface area contributed by atoms with E-state index in [-0.39, 0.29) is 5.02 Å². The van der Waals surface area contributed by atoms with Gasteiger partial charge in [-0.2, -0.15) is 0 Å². The smallest absolute Gasteiger partial charge is 0.211 e. The molecule has 1 rings (SSSR count). The minimum absolute atomic E-state index is 0.161. The molecular weight excluding hydrogens is 248 g/mol. The summed E-state index contributed by atoms with van der Waals surface area (Å²) in [6.07, 6.45) is 0.476. The largest absolute Gasteiger partial charge is 0.326 e. The highest BCUT2D eigenvalue weighted by Crippen LogP contribution is 2.30. The summed E-state index contributed by atoms with van der Waals surface area (Å²) in [6, 6.07) is 2.34. The van der Waals surface area contributed by atoms with Crippen molar-refractivity contribution < 1.29 is 9.18 Å². The van der Waals surface area contributed by atoms with Gasteiger partial charge in [-0.15, -0.1) is 0 Å². The molecule has 64 valence electrons. The molecule has 0 saturated carbocycles. The summed E-state index contributed by atoms with van der Waals surface area (Å²) in [7, 11) is 0. The van der Waals surface area contributed by atoms with Gasteiger partial charge in [0, 0.05) is 4.47 Å². The van der Waals surface area contributed by atoms with Gasteiger partial charge in [0.2, 0.25) is 6.41 Å². The molecule has 5 heteroatoms. The molecule has 0 radical (unpaired) electrons.